The molecule has 2 aliphatic heterocycles. The molecular formula is C43H74N2O7. The lowest BCUT2D eigenvalue weighted by Gasteiger charge is -2.63. The lowest BCUT2D eigenvalue weighted by Crippen LogP contribution is -2.60. The van der Waals surface area contributed by atoms with E-state index in [-0.39, 0.29) is 58.6 Å². The summed E-state index contributed by atoms with van der Waals surface area (Å²) >= 11 is 0. The number of rotatable bonds is 12. The molecule has 0 aromatic rings. The van der Waals surface area contributed by atoms with Crippen molar-refractivity contribution in [3.63, 3.8) is 0 Å². The standard InChI is InChI=1S/C43H74N2O7/c1-11-27(3)35-36(51-25-33(49-12-2)39(7,8)48)37(47)41(10)31-14-13-30-38(5,6)32(15-16-42(30)26-43(31,42)18-17-40(35,41)9)52-34-24-44(19-20-50-34)21-29-22-45(23-29)28(4)46/h27,29-37,47-48H,11-26H2,1-10H3/t27-,30+,31?,32+,33+,34+,35+,36+,37+,40-,41-,42?,43+/m1/s1. The summed E-state index contributed by atoms with van der Waals surface area (Å²) in [5.41, 5.74) is -0.659. The van der Waals surface area contributed by atoms with Crippen molar-refractivity contribution in [2.75, 3.05) is 52.5 Å². The molecule has 9 heteroatoms. The largest absolute Gasteiger partial charge is 0.390 e. The molecule has 52 heavy (non-hydrogen) atoms. The van der Waals surface area contributed by atoms with Crippen molar-refractivity contribution in [3.8, 4) is 0 Å². The van der Waals surface area contributed by atoms with Gasteiger partial charge in [-0.05, 0) is 111 Å². The second-order valence-electron chi connectivity index (χ2n) is 20.5. The van der Waals surface area contributed by atoms with Crippen molar-refractivity contribution in [2.45, 2.75) is 157 Å². The molecule has 0 bridgehead atoms. The van der Waals surface area contributed by atoms with E-state index >= 15 is 0 Å². The molecule has 2 unspecified atom stereocenters. The van der Waals surface area contributed by atoms with E-state index in [0.29, 0.717) is 42.3 Å². The zero-order valence-corrected chi connectivity index (χ0v) is 34.4. The van der Waals surface area contributed by atoms with Crippen LogP contribution in [0.4, 0.5) is 0 Å². The monoisotopic (exact) mass is 731 g/mol. The minimum Gasteiger partial charge on any atom is -0.390 e. The molecule has 2 N–H and O–H groups in total. The topological polar surface area (TPSA) is 101 Å². The zero-order valence-electron chi connectivity index (χ0n) is 34.4. The smallest absolute Gasteiger partial charge is 0.219 e. The summed E-state index contributed by atoms with van der Waals surface area (Å²) in [4.78, 5) is 16.1. The van der Waals surface area contributed by atoms with Crippen LogP contribution >= 0.6 is 0 Å². The van der Waals surface area contributed by atoms with Crippen molar-refractivity contribution < 1.29 is 34.0 Å². The van der Waals surface area contributed by atoms with Crippen LogP contribution in [0.15, 0.2) is 0 Å². The fourth-order valence-electron chi connectivity index (χ4n) is 14.3. The van der Waals surface area contributed by atoms with Gasteiger partial charge in [0.2, 0.25) is 5.91 Å². The normalized spacial score (nSPS) is 45.6. The van der Waals surface area contributed by atoms with Crippen LogP contribution in [-0.4, -0.2) is 115 Å². The maximum absolute atomic E-state index is 12.7. The first-order chi connectivity index (χ1) is 24.4. The first-order valence-electron chi connectivity index (χ1n) is 21.3. The Bertz CT molecular complexity index is 1310. The van der Waals surface area contributed by atoms with Crippen LogP contribution in [0.3, 0.4) is 0 Å². The van der Waals surface area contributed by atoms with Gasteiger partial charge in [0.1, 0.15) is 6.10 Å². The number of hydrogen-bond donors (Lipinski definition) is 2. The molecule has 1 amide bonds. The van der Waals surface area contributed by atoms with E-state index in [4.69, 9.17) is 18.9 Å². The number of carbonyl (C=O) groups excluding carboxylic acids is 1. The van der Waals surface area contributed by atoms with E-state index in [1.54, 1.807) is 20.8 Å². The Morgan fingerprint density at radius 1 is 1.00 bits per heavy atom. The third-order valence-corrected chi connectivity index (χ3v) is 17.4. The van der Waals surface area contributed by atoms with Gasteiger partial charge in [-0.2, -0.15) is 0 Å². The summed E-state index contributed by atoms with van der Waals surface area (Å²) < 4.78 is 26.1. The number of carbonyl (C=O) groups is 1. The Morgan fingerprint density at radius 3 is 2.35 bits per heavy atom. The zero-order chi connectivity index (χ0) is 37.6. The molecular weight excluding hydrogens is 656 g/mol. The predicted molar refractivity (Wildman–Crippen MR) is 201 cm³/mol. The predicted octanol–water partition coefficient (Wildman–Crippen LogP) is 6.14. The third-order valence-electron chi connectivity index (χ3n) is 17.4. The summed E-state index contributed by atoms with van der Waals surface area (Å²) in [6, 6.07) is 0. The minimum absolute atomic E-state index is 0.0290. The summed E-state index contributed by atoms with van der Waals surface area (Å²) in [6.45, 7) is 27.8. The Kier molecular flexibility index (Phi) is 10.4. The molecule has 5 aliphatic carbocycles. The van der Waals surface area contributed by atoms with E-state index in [1.165, 1.54) is 25.7 Å². The lowest BCUT2D eigenvalue weighted by molar-refractivity contribution is -0.250. The number of aliphatic hydroxyl groups is 2. The Morgan fingerprint density at radius 2 is 1.69 bits per heavy atom. The van der Waals surface area contributed by atoms with Crippen LogP contribution in [-0.2, 0) is 23.7 Å². The summed E-state index contributed by atoms with van der Waals surface area (Å²) in [5, 5.41) is 23.6. The second kappa shape index (κ2) is 13.7. The number of likely N-dealkylation sites (tertiary alicyclic amines) is 1. The Balaban J connectivity index is 1.06. The van der Waals surface area contributed by atoms with Gasteiger partial charge in [-0.25, -0.2) is 0 Å². The molecule has 2 heterocycles. The SMILES string of the molecule is CCO[C@@H](CO[C@H]1[C@H]([C@H](C)CC)[C@@]2(C)CC[C@@]34CC35CC[C@H](O[C@H]3CN(CC6CN(C(C)=O)C6)CCO3)C(C)(C)[C@@H]5CCC4[C@]2(C)[C@H]1O)C(C)(C)O. The molecule has 13 atom stereocenters. The van der Waals surface area contributed by atoms with E-state index in [9.17, 15) is 15.0 Å². The van der Waals surface area contributed by atoms with Crippen LogP contribution in [0, 0.1) is 56.7 Å². The highest BCUT2D eigenvalue weighted by atomic mass is 16.7. The molecule has 0 aromatic heterocycles. The van der Waals surface area contributed by atoms with Crippen LogP contribution in [0.2, 0.25) is 0 Å². The van der Waals surface area contributed by atoms with Gasteiger partial charge in [-0.1, -0.05) is 48.0 Å². The van der Waals surface area contributed by atoms with Gasteiger partial charge in [0, 0.05) is 57.6 Å². The van der Waals surface area contributed by atoms with Gasteiger partial charge in [-0.15, -0.1) is 0 Å². The van der Waals surface area contributed by atoms with Crippen molar-refractivity contribution in [3.05, 3.63) is 0 Å². The molecule has 7 aliphatic rings. The van der Waals surface area contributed by atoms with Crippen LogP contribution in [0.5, 0.6) is 0 Å². The maximum atomic E-state index is 12.7. The molecule has 0 aromatic carbocycles. The van der Waals surface area contributed by atoms with Gasteiger partial charge in [0.05, 0.1) is 37.1 Å². The molecule has 298 valence electrons. The van der Waals surface area contributed by atoms with Gasteiger partial charge in [0.25, 0.3) is 0 Å². The Hall–Kier alpha value is -0.810. The Labute approximate surface area is 315 Å². The van der Waals surface area contributed by atoms with Gasteiger partial charge in [-0.3, -0.25) is 9.69 Å². The quantitative estimate of drug-likeness (QED) is 0.247. The summed E-state index contributed by atoms with van der Waals surface area (Å²) in [6.07, 6.45) is 8.07. The summed E-state index contributed by atoms with van der Waals surface area (Å²) in [5.74, 6) is 2.47. The number of nitrogens with zero attached hydrogens (tertiary/aromatic N) is 2. The maximum Gasteiger partial charge on any atom is 0.219 e. The molecule has 2 saturated heterocycles. The number of amides is 1. The average molecular weight is 731 g/mol. The van der Waals surface area contributed by atoms with E-state index in [2.05, 4.69) is 46.4 Å². The highest BCUT2D eigenvalue weighted by molar-refractivity contribution is 5.74. The number of hydrogen-bond acceptors (Lipinski definition) is 8. The van der Waals surface area contributed by atoms with Crippen molar-refractivity contribution in [1.82, 2.24) is 9.80 Å². The molecule has 5 saturated carbocycles. The lowest BCUT2D eigenvalue weighted by atomic mass is 9.41. The van der Waals surface area contributed by atoms with E-state index < -0.39 is 17.8 Å². The number of morpholine rings is 1. The number of ether oxygens (including phenoxy) is 4. The fraction of sp³-hybridized carbons (Fsp3) is 0.977. The van der Waals surface area contributed by atoms with Crippen LogP contribution in [0.1, 0.15) is 121 Å². The first-order valence-corrected chi connectivity index (χ1v) is 21.3. The third kappa shape index (κ3) is 5.90. The van der Waals surface area contributed by atoms with Gasteiger partial charge >= 0.3 is 0 Å². The van der Waals surface area contributed by atoms with Gasteiger partial charge < -0.3 is 34.1 Å². The molecule has 9 nitrogen and oxygen atoms in total. The van der Waals surface area contributed by atoms with Crippen molar-refractivity contribution in [2.24, 2.45) is 56.7 Å². The van der Waals surface area contributed by atoms with Gasteiger partial charge in [0.15, 0.2) is 6.29 Å². The van der Waals surface area contributed by atoms with E-state index in [1.807, 2.05) is 11.8 Å². The van der Waals surface area contributed by atoms with Crippen molar-refractivity contribution >= 4 is 5.91 Å². The van der Waals surface area contributed by atoms with Crippen molar-refractivity contribution in [1.29, 1.82) is 0 Å². The average Bonchev–Trinajstić information content (AvgIpc) is 3.69. The highest BCUT2D eigenvalue weighted by Crippen LogP contribution is 2.89. The van der Waals surface area contributed by atoms with E-state index in [0.717, 1.165) is 58.4 Å². The molecule has 0 radical (unpaired) electrons. The molecule has 2 spiro atoms. The highest BCUT2D eigenvalue weighted by Gasteiger charge is 2.84. The molecule has 7 fully saturated rings. The summed E-state index contributed by atoms with van der Waals surface area (Å²) in [7, 11) is 0. The minimum atomic E-state index is -1.03. The van der Waals surface area contributed by atoms with Crippen LogP contribution < -0.4 is 0 Å². The first kappa shape index (κ1) is 39.4. The fourth-order valence-corrected chi connectivity index (χ4v) is 14.3. The van der Waals surface area contributed by atoms with Crippen LogP contribution in [0.25, 0.3) is 0 Å². The number of fused-ring (bicyclic) bond motifs is 2. The number of aliphatic hydroxyl groups excluding tert-OH is 1. The molecule has 7 rings (SSSR count). The second-order valence-corrected chi connectivity index (χ2v) is 20.5.